The zero-order valence-corrected chi connectivity index (χ0v) is 6.99. The van der Waals surface area contributed by atoms with Gasteiger partial charge in [0.2, 0.25) is 0 Å². The number of rotatable bonds is 1. The van der Waals surface area contributed by atoms with Gasteiger partial charge in [0.05, 0.1) is 8.07 Å². The molecule has 2 saturated carbocycles. The molecule has 0 aromatic heterocycles. The van der Waals surface area contributed by atoms with E-state index in [1.165, 1.54) is 5.92 Å². The summed E-state index contributed by atoms with van der Waals surface area (Å²) in [5.41, 5.74) is 0. The third-order valence-electron chi connectivity index (χ3n) is 3.18. The molecule has 0 aromatic rings. The second-order valence-electron chi connectivity index (χ2n) is 4.51. The average Bonchev–Trinajstić information content (AvgIpc) is 1.96. The molecule has 0 amide bonds. The summed E-state index contributed by atoms with van der Waals surface area (Å²) in [6.45, 7) is 7.54. The molecule has 0 heterocycles. The Morgan fingerprint density at radius 1 is 1.25 bits per heavy atom. The Bertz CT molecular complexity index is 126. The van der Waals surface area contributed by atoms with E-state index in [9.17, 15) is 0 Å². The Labute approximate surface area is 52.3 Å². The van der Waals surface area contributed by atoms with Crippen LogP contribution in [0.5, 0.6) is 0 Å². The summed E-state index contributed by atoms with van der Waals surface area (Å²) in [6, 6.07) is 0. The first-order chi connectivity index (χ1) is 3.56. The Balaban J connectivity index is 2.17. The summed E-state index contributed by atoms with van der Waals surface area (Å²) in [5.74, 6) is 1.22. The molecule has 2 aliphatic carbocycles. The summed E-state index contributed by atoms with van der Waals surface area (Å²) in [7, 11) is -0.674. The van der Waals surface area contributed by atoms with Crippen LogP contribution in [0, 0.1) is 5.92 Å². The van der Waals surface area contributed by atoms with E-state index in [-0.39, 0.29) is 0 Å². The first kappa shape index (κ1) is 5.04. The van der Waals surface area contributed by atoms with E-state index in [1.54, 1.807) is 12.8 Å². The Hall–Kier alpha value is 0.217. The Kier molecular flexibility index (Phi) is 0.593. The van der Waals surface area contributed by atoms with Crippen molar-refractivity contribution in [1.29, 1.82) is 0 Å². The lowest BCUT2D eigenvalue weighted by Gasteiger charge is -2.19. The topological polar surface area (TPSA) is 0 Å². The van der Waals surface area contributed by atoms with Gasteiger partial charge in [-0.15, -0.1) is 0 Å². The molecule has 0 unspecified atom stereocenters. The molecule has 0 N–H and O–H groups in total. The predicted octanol–water partition coefficient (Wildman–Crippen LogP) is 2.49. The quantitative estimate of drug-likeness (QED) is 0.473. The fourth-order valence-electron chi connectivity index (χ4n) is 1.93. The fourth-order valence-corrected chi connectivity index (χ4v) is 4.87. The van der Waals surface area contributed by atoms with Gasteiger partial charge in [-0.05, 0) is 23.8 Å². The van der Waals surface area contributed by atoms with Crippen molar-refractivity contribution >= 4 is 8.07 Å². The van der Waals surface area contributed by atoms with Crippen molar-refractivity contribution in [2.24, 2.45) is 5.92 Å². The molecular weight excluding hydrogens is 112 g/mol. The molecule has 0 aromatic carbocycles. The number of fused-ring (bicyclic) bond motifs is 1. The maximum Gasteiger partial charge on any atom is 0.0509 e. The predicted molar refractivity (Wildman–Crippen MR) is 38.8 cm³/mol. The maximum atomic E-state index is 2.51. The van der Waals surface area contributed by atoms with E-state index >= 15 is 0 Å². The summed E-state index contributed by atoms with van der Waals surface area (Å²) in [4.78, 5) is 0. The van der Waals surface area contributed by atoms with Crippen molar-refractivity contribution in [2.45, 2.75) is 37.5 Å². The van der Waals surface area contributed by atoms with Crippen LogP contribution in [0.15, 0.2) is 0 Å². The molecule has 0 aliphatic heterocycles. The van der Waals surface area contributed by atoms with Crippen LogP contribution in [-0.4, -0.2) is 8.07 Å². The fraction of sp³-hybridized carbons (Fsp3) is 1.00. The highest BCUT2D eigenvalue weighted by Crippen LogP contribution is 2.86. The van der Waals surface area contributed by atoms with E-state index in [0.29, 0.717) is 0 Å². The highest BCUT2D eigenvalue weighted by Gasteiger charge is 2.74. The van der Waals surface area contributed by atoms with E-state index < -0.39 is 8.07 Å². The second-order valence-corrected chi connectivity index (χ2v) is 10.0. The third-order valence-corrected chi connectivity index (χ3v) is 6.98. The molecule has 0 bridgehead atoms. The number of hydrogen-bond acceptors (Lipinski definition) is 0. The molecule has 0 spiro atoms. The highest BCUT2D eigenvalue weighted by molar-refractivity contribution is 6.81. The van der Waals surface area contributed by atoms with Gasteiger partial charge < -0.3 is 0 Å². The van der Waals surface area contributed by atoms with Gasteiger partial charge in [-0.2, -0.15) is 0 Å². The van der Waals surface area contributed by atoms with Gasteiger partial charge >= 0.3 is 0 Å². The van der Waals surface area contributed by atoms with E-state index in [0.717, 1.165) is 5.04 Å². The zero-order chi connectivity index (χ0) is 5.99. The minimum Gasteiger partial charge on any atom is -0.0691 e. The van der Waals surface area contributed by atoms with Crippen LogP contribution in [0.1, 0.15) is 12.8 Å². The first-order valence-corrected chi connectivity index (χ1v) is 7.06. The van der Waals surface area contributed by atoms with Gasteiger partial charge in [-0.3, -0.25) is 0 Å². The monoisotopic (exact) mass is 126 g/mol. The lowest BCUT2D eigenvalue weighted by molar-refractivity contribution is 0.904. The molecule has 2 fully saturated rings. The average molecular weight is 126 g/mol. The lowest BCUT2D eigenvalue weighted by atomic mass is 10.4. The van der Waals surface area contributed by atoms with Crippen LogP contribution < -0.4 is 0 Å². The Morgan fingerprint density at radius 3 is 1.62 bits per heavy atom. The highest BCUT2D eigenvalue weighted by atomic mass is 28.3. The minimum absolute atomic E-state index is 0.674. The van der Waals surface area contributed by atoms with Crippen LogP contribution in [0.3, 0.4) is 0 Å². The van der Waals surface area contributed by atoms with Gasteiger partial charge in [0.25, 0.3) is 0 Å². The standard InChI is InChI=1S/C7H14Si/c1-8(2,3)7-4-6(7)5-7/h6H,4-5H2,1-3H3. The van der Waals surface area contributed by atoms with Crippen molar-refractivity contribution in [3.63, 3.8) is 0 Å². The van der Waals surface area contributed by atoms with Crippen LogP contribution >= 0.6 is 0 Å². The van der Waals surface area contributed by atoms with Gasteiger partial charge in [0.15, 0.2) is 0 Å². The van der Waals surface area contributed by atoms with Crippen molar-refractivity contribution in [3.8, 4) is 0 Å². The van der Waals surface area contributed by atoms with E-state index in [4.69, 9.17) is 0 Å². The SMILES string of the molecule is C[Si](C)(C)C12CC1C2. The molecule has 0 atom stereocenters. The van der Waals surface area contributed by atoms with E-state index in [1.807, 2.05) is 0 Å². The summed E-state index contributed by atoms with van der Waals surface area (Å²) >= 11 is 0. The Morgan fingerprint density at radius 2 is 1.62 bits per heavy atom. The molecule has 2 aliphatic rings. The summed E-state index contributed by atoms with van der Waals surface area (Å²) in [6.07, 6.45) is 3.20. The van der Waals surface area contributed by atoms with Crippen molar-refractivity contribution in [2.75, 3.05) is 0 Å². The minimum atomic E-state index is -0.674. The normalized spacial score (nSPS) is 50.6. The van der Waals surface area contributed by atoms with Crippen molar-refractivity contribution < 1.29 is 0 Å². The molecule has 46 valence electrons. The molecule has 8 heavy (non-hydrogen) atoms. The molecule has 0 radical (unpaired) electrons. The van der Waals surface area contributed by atoms with Crippen LogP contribution in [0.4, 0.5) is 0 Å². The zero-order valence-electron chi connectivity index (χ0n) is 5.99. The lowest BCUT2D eigenvalue weighted by Crippen LogP contribution is -2.23. The third kappa shape index (κ3) is 0.376. The van der Waals surface area contributed by atoms with Crippen LogP contribution in [-0.2, 0) is 0 Å². The molecule has 0 nitrogen and oxygen atoms in total. The summed E-state index contributed by atoms with van der Waals surface area (Å²) < 4.78 is 0. The molecule has 0 saturated heterocycles. The maximum absolute atomic E-state index is 2.51. The van der Waals surface area contributed by atoms with Crippen molar-refractivity contribution in [1.82, 2.24) is 0 Å². The smallest absolute Gasteiger partial charge is 0.0509 e. The van der Waals surface area contributed by atoms with Crippen molar-refractivity contribution in [3.05, 3.63) is 0 Å². The molecule has 2 rings (SSSR count). The van der Waals surface area contributed by atoms with E-state index in [2.05, 4.69) is 19.6 Å². The second kappa shape index (κ2) is 0.941. The number of hydrogen-bond donors (Lipinski definition) is 0. The largest absolute Gasteiger partial charge is 0.0691 e. The summed E-state index contributed by atoms with van der Waals surface area (Å²) in [5, 5.41) is 0.993. The first-order valence-electron chi connectivity index (χ1n) is 3.56. The van der Waals surface area contributed by atoms with Gasteiger partial charge in [-0.25, -0.2) is 0 Å². The van der Waals surface area contributed by atoms with Gasteiger partial charge in [-0.1, -0.05) is 19.6 Å². The van der Waals surface area contributed by atoms with Gasteiger partial charge in [0, 0.05) is 0 Å². The van der Waals surface area contributed by atoms with Crippen LogP contribution in [0.25, 0.3) is 0 Å². The van der Waals surface area contributed by atoms with Gasteiger partial charge in [0.1, 0.15) is 0 Å². The molecular formula is C7H14Si. The van der Waals surface area contributed by atoms with Crippen LogP contribution in [0.2, 0.25) is 24.7 Å². The molecule has 1 heteroatoms.